The number of aryl methyl sites for hydroxylation is 1. The first-order chi connectivity index (χ1) is 11.1. The van der Waals surface area contributed by atoms with Crippen LogP contribution in [0.2, 0.25) is 0 Å². The molecule has 0 fully saturated rings. The van der Waals surface area contributed by atoms with Crippen LogP contribution in [0.25, 0.3) is 0 Å². The highest BCUT2D eigenvalue weighted by Gasteiger charge is 2.17. The van der Waals surface area contributed by atoms with Crippen molar-refractivity contribution in [1.29, 1.82) is 0 Å². The molecule has 1 N–H and O–H groups in total. The van der Waals surface area contributed by atoms with E-state index < -0.39 is 0 Å². The maximum atomic E-state index is 13.5. The van der Waals surface area contributed by atoms with Crippen LogP contribution in [-0.4, -0.2) is 20.3 Å². The maximum absolute atomic E-state index is 13.5. The molecule has 0 unspecified atom stereocenters. The monoisotopic (exact) mass is 318 g/mol. The zero-order valence-corrected chi connectivity index (χ0v) is 12.8. The van der Waals surface area contributed by atoms with Crippen LogP contribution in [0, 0.1) is 5.82 Å². The van der Waals surface area contributed by atoms with Crippen molar-refractivity contribution in [3.63, 3.8) is 0 Å². The standard InChI is InChI=1S/C16H19FN4O2/c17-13-7-4-3-6-12(13)10-18-15(22)11-21-16(23)20-9-5-1-2-8-14(20)19-21/h3-4,6-7H,1-2,5,8-11H2,(H,18,22). The Hall–Kier alpha value is -2.44. The minimum atomic E-state index is -0.362. The summed E-state index contributed by atoms with van der Waals surface area (Å²) in [5.41, 5.74) is 0.164. The third kappa shape index (κ3) is 3.49. The minimum absolute atomic E-state index is 0.0911. The molecule has 1 aliphatic rings. The predicted octanol–water partition coefficient (Wildman–Crippen LogP) is 1.23. The second-order valence-corrected chi connectivity index (χ2v) is 5.69. The van der Waals surface area contributed by atoms with Crippen molar-refractivity contribution in [3.8, 4) is 0 Å². The Morgan fingerprint density at radius 3 is 2.91 bits per heavy atom. The van der Waals surface area contributed by atoms with Crippen molar-refractivity contribution < 1.29 is 9.18 Å². The van der Waals surface area contributed by atoms with Crippen LogP contribution in [-0.2, 0) is 30.8 Å². The summed E-state index contributed by atoms with van der Waals surface area (Å²) in [4.78, 5) is 24.2. The van der Waals surface area contributed by atoms with E-state index in [9.17, 15) is 14.0 Å². The molecule has 2 heterocycles. The third-order valence-corrected chi connectivity index (χ3v) is 4.01. The Bertz CT molecular complexity index is 766. The summed E-state index contributed by atoms with van der Waals surface area (Å²) < 4.78 is 16.3. The fourth-order valence-electron chi connectivity index (χ4n) is 2.76. The number of carbonyl (C=O) groups is 1. The molecule has 23 heavy (non-hydrogen) atoms. The summed E-state index contributed by atoms with van der Waals surface area (Å²) in [6, 6.07) is 6.26. The number of halogens is 1. The van der Waals surface area contributed by atoms with Crippen LogP contribution >= 0.6 is 0 Å². The minimum Gasteiger partial charge on any atom is -0.350 e. The molecule has 0 radical (unpaired) electrons. The molecule has 1 aromatic carbocycles. The van der Waals surface area contributed by atoms with Crippen LogP contribution in [0.1, 0.15) is 30.7 Å². The lowest BCUT2D eigenvalue weighted by Crippen LogP contribution is -2.33. The normalized spacial score (nSPS) is 14.1. The summed E-state index contributed by atoms with van der Waals surface area (Å²) >= 11 is 0. The molecule has 1 aromatic heterocycles. The number of aromatic nitrogens is 3. The molecule has 3 rings (SSSR count). The molecular weight excluding hydrogens is 299 g/mol. The molecule has 122 valence electrons. The zero-order chi connectivity index (χ0) is 16.2. The van der Waals surface area contributed by atoms with Crippen LogP contribution in [0.5, 0.6) is 0 Å². The largest absolute Gasteiger partial charge is 0.350 e. The van der Waals surface area contributed by atoms with Gasteiger partial charge in [0.1, 0.15) is 18.2 Å². The van der Waals surface area contributed by atoms with E-state index in [2.05, 4.69) is 10.4 Å². The summed E-state index contributed by atoms with van der Waals surface area (Å²) in [7, 11) is 0. The van der Waals surface area contributed by atoms with Gasteiger partial charge in [0.2, 0.25) is 5.91 Å². The highest BCUT2D eigenvalue weighted by atomic mass is 19.1. The molecule has 2 aromatic rings. The average molecular weight is 318 g/mol. The van der Waals surface area contributed by atoms with Gasteiger partial charge in [0.25, 0.3) is 0 Å². The van der Waals surface area contributed by atoms with Gasteiger partial charge in [-0.1, -0.05) is 24.6 Å². The quantitative estimate of drug-likeness (QED) is 0.922. The van der Waals surface area contributed by atoms with Gasteiger partial charge >= 0.3 is 5.69 Å². The van der Waals surface area contributed by atoms with Crippen molar-refractivity contribution >= 4 is 5.91 Å². The van der Waals surface area contributed by atoms with E-state index in [-0.39, 0.29) is 30.5 Å². The fourth-order valence-corrected chi connectivity index (χ4v) is 2.76. The number of rotatable bonds is 4. The molecule has 7 heteroatoms. The lowest BCUT2D eigenvalue weighted by molar-refractivity contribution is -0.122. The van der Waals surface area contributed by atoms with Gasteiger partial charge in [-0.05, 0) is 18.9 Å². The van der Waals surface area contributed by atoms with E-state index in [4.69, 9.17) is 0 Å². The first kappa shape index (κ1) is 15.5. The molecule has 0 saturated heterocycles. The highest BCUT2D eigenvalue weighted by molar-refractivity contribution is 5.75. The predicted molar refractivity (Wildman–Crippen MR) is 82.3 cm³/mol. The van der Waals surface area contributed by atoms with Crippen LogP contribution in [0.15, 0.2) is 29.1 Å². The van der Waals surface area contributed by atoms with Gasteiger partial charge in [0.15, 0.2) is 0 Å². The Morgan fingerprint density at radius 2 is 2.09 bits per heavy atom. The lowest BCUT2D eigenvalue weighted by atomic mass is 10.2. The van der Waals surface area contributed by atoms with E-state index in [0.29, 0.717) is 12.1 Å². The van der Waals surface area contributed by atoms with Gasteiger partial charge in [-0.15, -0.1) is 0 Å². The number of fused-ring (bicyclic) bond motifs is 1. The van der Waals surface area contributed by atoms with Gasteiger partial charge in [-0.2, -0.15) is 5.10 Å². The van der Waals surface area contributed by atoms with Crippen LogP contribution in [0.3, 0.4) is 0 Å². The van der Waals surface area contributed by atoms with E-state index >= 15 is 0 Å². The van der Waals surface area contributed by atoms with Gasteiger partial charge in [-0.3, -0.25) is 9.36 Å². The number of benzene rings is 1. The topological polar surface area (TPSA) is 68.9 Å². The number of hydrogen-bond donors (Lipinski definition) is 1. The molecule has 1 amide bonds. The van der Waals surface area contributed by atoms with Gasteiger partial charge in [0, 0.05) is 25.1 Å². The molecular formula is C16H19FN4O2. The molecule has 6 nitrogen and oxygen atoms in total. The van der Waals surface area contributed by atoms with E-state index in [1.54, 1.807) is 22.8 Å². The Kier molecular flexibility index (Phi) is 4.55. The SMILES string of the molecule is O=C(Cn1nc2n(c1=O)CCCCC2)NCc1ccccc1F. The summed E-state index contributed by atoms with van der Waals surface area (Å²) in [6.45, 7) is 0.603. The first-order valence-electron chi connectivity index (χ1n) is 7.82. The van der Waals surface area contributed by atoms with E-state index in [0.717, 1.165) is 31.5 Å². The smallest absolute Gasteiger partial charge is 0.346 e. The van der Waals surface area contributed by atoms with Crippen molar-refractivity contribution in [2.45, 2.75) is 45.3 Å². The molecule has 0 spiro atoms. The van der Waals surface area contributed by atoms with Crippen molar-refractivity contribution in [2.24, 2.45) is 0 Å². The Balaban J connectivity index is 1.64. The average Bonchev–Trinajstić information content (AvgIpc) is 2.72. The van der Waals surface area contributed by atoms with Gasteiger partial charge in [-0.25, -0.2) is 13.9 Å². The second-order valence-electron chi connectivity index (χ2n) is 5.69. The number of amides is 1. The van der Waals surface area contributed by atoms with Crippen molar-refractivity contribution in [1.82, 2.24) is 19.7 Å². The molecule has 0 saturated carbocycles. The molecule has 0 aliphatic carbocycles. The van der Waals surface area contributed by atoms with E-state index in [1.165, 1.54) is 10.7 Å². The van der Waals surface area contributed by atoms with Gasteiger partial charge < -0.3 is 5.32 Å². The fraction of sp³-hybridized carbons (Fsp3) is 0.438. The molecule has 0 bridgehead atoms. The number of carbonyl (C=O) groups excluding carboxylic acids is 1. The number of hydrogen-bond acceptors (Lipinski definition) is 3. The van der Waals surface area contributed by atoms with Crippen LogP contribution < -0.4 is 11.0 Å². The Morgan fingerprint density at radius 1 is 1.26 bits per heavy atom. The van der Waals surface area contributed by atoms with Crippen molar-refractivity contribution in [3.05, 3.63) is 52.0 Å². The third-order valence-electron chi connectivity index (χ3n) is 4.01. The first-order valence-corrected chi connectivity index (χ1v) is 7.82. The molecule has 0 atom stereocenters. The zero-order valence-electron chi connectivity index (χ0n) is 12.8. The summed E-state index contributed by atoms with van der Waals surface area (Å²) in [5.74, 6) is 0.0247. The summed E-state index contributed by atoms with van der Waals surface area (Å²) in [6.07, 6.45) is 3.82. The number of nitrogens with zero attached hydrogens (tertiary/aromatic N) is 3. The Labute approximate surface area is 132 Å². The highest BCUT2D eigenvalue weighted by Crippen LogP contribution is 2.10. The lowest BCUT2D eigenvalue weighted by Gasteiger charge is -2.06. The van der Waals surface area contributed by atoms with Gasteiger partial charge in [0.05, 0.1) is 0 Å². The number of nitrogens with one attached hydrogen (secondary N) is 1. The summed E-state index contributed by atoms with van der Waals surface area (Å²) in [5, 5.41) is 6.88. The van der Waals surface area contributed by atoms with Crippen LogP contribution in [0.4, 0.5) is 4.39 Å². The van der Waals surface area contributed by atoms with E-state index in [1.807, 2.05) is 0 Å². The van der Waals surface area contributed by atoms with Crippen molar-refractivity contribution in [2.75, 3.05) is 0 Å². The maximum Gasteiger partial charge on any atom is 0.346 e. The second kappa shape index (κ2) is 6.76. The molecule has 1 aliphatic heterocycles.